The molecule has 0 aliphatic rings. The molecule has 23 heavy (non-hydrogen) atoms. The first-order valence-electron chi connectivity index (χ1n) is 6.70. The van der Waals surface area contributed by atoms with Gasteiger partial charge in [0.15, 0.2) is 0 Å². The number of carbonyl (C=O) groups is 2. The highest BCUT2D eigenvalue weighted by Gasteiger charge is 2.09. The van der Waals surface area contributed by atoms with Crippen molar-refractivity contribution in [2.75, 3.05) is 5.32 Å². The van der Waals surface area contributed by atoms with E-state index in [1.807, 2.05) is 0 Å². The van der Waals surface area contributed by atoms with Gasteiger partial charge in [-0.05, 0) is 42.0 Å². The molecule has 0 unspecified atom stereocenters. The van der Waals surface area contributed by atoms with Crippen molar-refractivity contribution in [2.24, 2.45) is 10.9 Å². The number of hydrazone groups is 1. The summed E-state index contributed by atoms with van der Waals surface area (Å²) in [7, 11) is 0. The number of anilines is 1. The van der Waals surface area contributed by atoms with Crippen LogP contribution in [0.3, 0.4) is 0 Å². The van der Waals surface area contributed by atoms with Gasteiger partial charge < -0.3 is 21.0 Å². The normalized spacial score (nSPS) is 10.4. The molecule has 0 atom stereocenters. The summed E-state index contributed by atoms with van der Waals surface area (Å²) in [6, 6.07) is 12.9. The SMILES string of the molecule is NN=CNc1ccc(C(=O)Oc2ccc(CC(=O)O)cc2)cc1. The number of carbonyl (C=O) groups excluding carboxylic acids is 1. The van der Waals surface area contributed by atoms with E-state index in [0.717, 1.165) is 5.69 Å². The lowest BCUT2D eigenvalue weighted by atomic mass is 10.1. The van der Waals surface area contributed by atoms with E-state index in [1.54, 1.807) is 48.5 Å². The molecule has 0 heterocycles. The Balaban J connectivity index is 1.99. The molecule has 0 fully saturated rings. The highest BCUT2D eigenvalue weighted by molar-refractivity contribution is 5.91. The molecule has 0 aliphatic heterocycles. The van der Waals surface area contributed by atoms with E-state index >= 15 is 0 Å². The Morgan fingerprint density at radius 2 is 1.78 bits per heavy atom. The van der Waals surface area contributed by atoms with Crippen LogP contribution in [0.15, 0.2) is 53.6 Å². The van der Waals surface area contributed by atoms with E-state index < -0.39 is 11.9 Å². The van der Waals surface area contributed by atoms with Gasteiger partial charge in [0.05, 0.1) is 12.0 Å². The van der Waals surface area contributed by atoms with Gasteiger partial charge in [-0.1, -0.05) is 12.1 Å². The van der Waals surface area contributed by atoms with Crippen molar-refractivity contribution in [3.8, 4) is 5.75 Å². The van der Waals surface area contributed by atoms with Gasteiger partial charge >= 0.3 is 11.9 Å². The average molecular weight is 313 g/mol. The zero-order valence-corrected chi connectivity index (χ0v) is 12.1. The van der Waals surface area contributed by atoms with Gasteiger partial charge in [0.1, 0.15) is 12.1 Å². The predicted molar refractivity (Wildman–Crippen MR) is 85.5 cm³/mol. The fourth-order valence-corrected chi connectivity index (χ4v) is 1.83. The molecule has 0 aromatic heterocycles. The van der Waals surface area contributed by atoms with Gasteiger partial charge in [0.25, 0.3) is 0 Å². The minimum absolute atomic E-state index is 0.0746. The maximum absolute atomic E-state index is 12.0. The van der Waals surface area contributed by atoms with Crippen molar-refractivity contribution in [3.05, 3.63) is 59.7 Å². The first kappa shape index (κ1) is 16.0. The number of esters is 1. The Labute approximate surface area is 132 Å². The van der Waals surface area contributed by atoms with Crippen LogP contribution in [0.25, 0.3) is 0 Å². The minimum Gasteiger partial charge on any atom is -0.481 e. The van der Waals surface area contributed by atoms with Gasteiger partial charge in [-0.3, -0.25) is 4.79 Å². The number of aliphatic carboxylic acids is 1. The minimum atomic E-state index is -0.914. The Hall–Kier alpha value is -3.35. The van der Waals surface area contributed by atoms with E-state index in [0.29, 0.717) is 16.9 Å². The zero-order chi connectivity index (χ0) is 16.7. The number of ether oxygens (including phenoxy) is 1. The second kappa shape index (κ2) is 7.60. The lowest BCUT2D eigenvalue weighted by Gasteiger charge is -2.06. The van der Waals surface area contributed by atoms with E-state index in [9.17, 15) is 9.59 Å². The summed E-state index contributed by atoms with van der Waals surface area (Å²) < 4.78 is 5.23. The molecule has 7 heteroatoms. The van der Waals surface area contributed by atoms with Gasteiger partial charge in [-0.15, -0.1) is 0 Å². The standard InChI is InChI=1S/C16H15N3O4/c17-19-10-18-13-5-3-12(4-6-13)16(22)23-14-7-1-11(2-8-14)9-15(20)21/h1-8,10H,9,17H2,(H,18,19)(H,20,21). The number of carboxylic acid groups (broad SMARTS) is 1. The van der Waals surface area contributed by atoms with Crippen LogP contribution >= 0.6 is 0 Å². The third kappa shape index (κ3) is 4.85. The first-order valence-corrected chi connectivity index (χ1v) is 6.70. The molecule has 0 bridgehead atoms. The van der Waals surface area contributed by atoms with E-state index in [1.165, 1.54) is 6.34 Å². The molecule has 0 radical (unpaired) electrons. The molecule has 7 nitrogen and oxygen atoms in total. The number of nitrogens with zero attached hydrogens (tertiary/aromatic N) is 1. The Morgan fingerprint density at radius 1 is 1.13 bits per heavy atom. The highest BCUT2D eigenvalue weighted by Crippen LogP contribution is 2.16. The smallest absolute Gasteiger partial charge is 0.343 e. The number of benzene rings is 2. The van der Waals surface area contributed by atoms with Crippen LogP contribution in [0.4, 0.5) is 5.69 Å². The maximum Gasteiger partial charge on any atom is 0.343 e. The van der Waals surface area contributed by atoms with Gasteiger partial charge in [-0.2, -0.15) is 5.10 Å². The molecule has 4 N–H and O–H groups in total. The molecule has 2 aromatic carbocycles. The van der Waals surface area contributed by atoms with Crippen LogP contribution in [-0.4, -0.2) is 23.4 Å². The van der Waals surface area contributed by atoms with Crippen molar-refractivity contribution in [1.82, 2.24) is 0 Å². The lowest BCUT2D eigenvalue weighted by Crippen LogP contribution is -2.09. The van der Waals surface area contributed by atoms with E-state index in [4.69, 9.17) is 15.7 Å². The van der Waals surface area contributed by atoms with Crippen LogP contribution in [-0.2, 0) is 11.2 Å². The molecular weight excluding hydrogens is 298 g/mol. The van der Waals surface area contributed by atoms with Crippen molar-refractivity contribution in [1.29, 1.82) is 0 Å². The van der Waals surface area contributed by atoms with Crippen molar-refractivity contribution < 1.29 is 19.4 Å². The van der Waals surface area contributed by atoms with Gasteiger partial charge in [0, 0.05) is 5.69 Å². The predicted octanol–water partition coefficient (Wildman–Crippen LogP) is 1.85. The maximum atomic E-state index is 12.0. The van der Waals surface area contributed by atoms with Crippen molar-refractivity contribution in [2.45, 2.75) is 6.42 Å². The summed E-state index contributed by atoms with van der Waals surface area (Å²) in [5, 5.41) is 14.8. The van der Waals surface area contributed by atoms with Crippen molar-refractivity contribution >= 4 is 24.0 Å². The second-order valence-electron chi connectivity index (χ2n) is 4.60. The summed E-state index contributed by atoms with van der Waals surface area (Å²) in [4.78, 5) is 22.6. The third-order valence-electron chi connectivity index (χ3n) is 2.92. The number of nitrogens with one attached hydrogen (secondary N) is 1. The van der Waals surface area contributed by atoms with E-state index in [2.05, 4.69) is 10.4 Å². The van der Waals surface area contributed by atoms with Crippen LogP contribution in [0.5, 0.6) is 5.75 Å². The summed E-state index contributed by atoms with van der Waals surface area (Å²) in [5.41, 5.74) is 1.75. The van der Waals surface area contributed by atoms with Gasteiger partial charge in [0.2, 0.25) is 0 Å². The molecule has 2 aromatic rings. The zero-order valence-electron chi connectivity index (χ0n) is 12.1. The van der Waals surface area contributed by atoms with Crippen LogP contribution in [0, 0.1) is 0 Å². The summed E-state index contributed by atoms with van der Waals surface area (Å²) in [6.45, 7) is 0. The second-order valence-corrected chi connectivity index (χ2v) is 4.60. The van der Waals surface area contributed by atoms with Crippen LogP contribution < -0.4 is 15.9 Å². The molecule has 0 saturated heterocycles. The quantitative estimate of drug-likeness (QED) is 0.187. The summed E-state index contributed by atoms with van der Waals surface area (Å²) in [5.74, 6) is 3.91. The Bertz CT molecular complexity index is 709. The molecular formula is C16H15N3O4. The first-order chi connectivity index (χ1) is 11.1. The van der Waals surface area contributed by atoms with Crippen LogP contribution in [0.1, 0.15) is 15.9 Å². The molecule has 2 rings (SSSR count). The highest BCUT2D eigenvalue weighted by atomic mass is 16.5. The lowest BCUT2D eigenvalue weighted by molar-refractivity contribution is -0.136. The van der Waals surface area contributed by atoms with Crippen LogP contribution in [0.2, 0.25) is 0 Å². The molecule has 0 amide bonds. The van der Waals surface area contributed by atoms with Gasteiger partial charge in [-0.25, -0.2) is 4.79 Å². The third-order valence-corrected chi connectivity index (χ3v) is 2.92. The topological polar surface area (TPSA) is 114 Å². The Morgan fingerprint density at radius 3 is 2.35 bits per heavy atom. The number of carboxylic acids is 1. The van der Waals surface area contributed by atoms with E-state index in [-0.39, 0.29) is 6.42 Å². The number of rotatable bonds is 6. The fourth-order valence-electron chi connectivity index (χ4n) is 1.83. The Kier molecular flexibility index (Phi) is 5.30. The molecule has 0 spiro atoms. The molecule has 0 saturated carbocycles. The summed E-state index contributed by atoms with van der Waals surface area (Å²) in [6.07, 6.45) is 1.25. The fraction of sp³-hybridized carbons (Fsp3) is 0.0625. The largest absolute Gasteiger partial charge is 0.481 e. The van der Waals surface area contributed by atoms with Crippen molar-refractivity contribution in [3.63, 3.8) is 0 Å². The number of hydrogen-bond donors (Lipinski definition) is 3. The number of nitrogens with two attached hydrogens (primary N) is 1. The number of hydrogen-bond acceptors (Lipinski definition) is 5. The molecule has 118 valence electrons. The monoisotopic (exact) mass is 313 g/mol. The summed E-state index contributed by atoms with van der Waals surface area (Å²) >= 11 is 0. The average Bonchev–Trinajstić information content (AvgIpc) is 2.54. The molecule has 0 aliphatic carbocycles.